The number of rotatable bonds is 7. The molecule has 0 aromatic heterocycles. The van der Waals surface area contributed by atoms with Crippen LogP contribution in [0, 0.1) is 5.92 Å². The van der Waals surface area contributed by atoms with Crippen LogP contribution in [0.4, 0.5) is 4.79 Å². The molecule has 37 heavy (non-hydrogen) atoms. The van der Waals surface area contributed by atoms with Crippen LogP contribution in [-0.2, 0) is 14.3 Å². The molecule has 2 atom stereocenters. The van der Waals surface area contributed by atoms with Crippen LogP contribution in [0.15, 0.2) is 29.5 Å². The van der Waals surface area contributed by atoms with Gasteiger partial charge >= 0.3 is 12.0 Å². The van der Waals surface area contributed by atoms with Gasteiger partial charge in [-0.05, 0) is 45.2 Å². The summed E-state index contributed by atoms with van der Waals surface area (Å²) in [4.78, 5) is 45.4. The van der Waals surface area contributed by atoms with Crippen LogP contribution in [-0.4, -0.2) is 78.0 Å². The highest BCUT2D eigenvalue weighted by molar-refractivity contribution is 6.42. The number of halogens is 2. The molecule has 3 amide bonds. The van der Waals surface area contributed by atoms with Gasteiger partial charge in [0.1, 0.15) is 0 Å². The fraction of sp³-hybridized carbons (Fsp3) is 0.593. The predicted octanol–water partition coefficient (Wildman–Crippen LogP) is 4.62. The Labute approximate surface area is 228 Å². The molecule has 2 aliphatic heterocycles. The second-order valence-electron chi connectivity index (χ2n) is 9.95. The summed E-state index contributed by atoms with van der Waals surface area (Å²) in [5.41, 5.74) is 1.48. The number of carbonyl (C=O) groups excluding carboxylic acids is 3. The van der Waals surface area contributed by atoms with Crippen LogP contribution < -0.4 is 5.32 Å². The second kappa shape index (κ2) is 12.0. The molecule has 2 fully saturated rings. The molecular formula is C27H36Cl2N4O4. The zero-order valence-corrected chi connectivity index (χ0v) is 23.3. The number of piperazine rings is 1. The molecule has 0 spiro atoms. The third kappa shape index (κ3) is 5.76. The van der Waals surface area contributed by atoms with Crippen molar-refractivity contribution in [1.29, 1.82) is 0 Å². The number of benzene rings is 1. The molecule has 1 saturated carbocycles. The molecule has 1 N–H and O–H groups in total. The molecule has 0 bridgehead atoms. The Bertz CT molecular complexity index is 1070. The number of esters is 1. The van der Waals surface area contributed by atoms with Gasteiger partial charge in [0, 0.05) is 50.4 Å². The zero-order chi connectivity index (χ0) is 26.7. The number of hydrogen-bond donors (Lipinski definition) is 1. The van der Waals surface area contributed by atoms with Crippen molar-refractivity contribution < 1.29 is 19.1 Å². The van der Waals surface area contributed by atoms with Crippen molar-refractivity contribution in [1.82, 2.24) is 20.0 Å². The highest BCUT2D eigenvalue weighted by Gasteiger charge is 2.40. The zero-order valence-electron chi connectivity index (χ0n) is 21.8. The fourth-order valence-electron chi connectivity index (χ4n) is 5.76. The van der Waals surface area contributed by atoms with E-state index in [-0.39, 0.29) is 35.5 Å². The van der Waals surface area contributed by atoms with Crippen LogP contribution >= 0.6 is 23.2 Å². The van der Waals surface area contributed by atoms with Crippen molar-refractivity contribution in [2.75, 3.05) is 39.3 Å². The summed E-state index contributed by atoms with van der Waals surface area (Å²) in [5.74, 6) is -0.0907. The van der Waals surface area contributed by atoms with Crippen LogP contribution in [0.25, 0.3) is 0 Å². The summed E-state index contributed by atoms with van der Waals surface area (Å²) < 4.78 is 5.46. The van der Waals surface area contributed by atoms with E-state index in [1.807, 2.05) is 11.8 Å². The molecule has 10 heteroatoms. The predicted molar refractivity (Wildman–Crippen MR) is 143 cm³/mol. The summed E-state index contributed by atoms with van der Waals surface area (Å²) in [6.45, 7) is 8.58. The van der Waals surface area contributed by atoms with E-state index in [4.69, 9.17) is 27.9 Å². The third-order valence-corrected chi connectivity index (χ3v) is 8.45. The number of hydrogen-bond acceptors (Lipinski definition) is 5. The first-order valence-corrected chi connectivity index (χ1v) is 14.0. The number of carbonyl (C=O) groups is 3. The number of nitrogens with one attached hydrogen (secondary N) is 1. The lowest BCUT2D eigenvalue weighted by molar-refractivity contribution is -0.140. The van der Waals surface area contributed by atoms with Gasteiger partial charge in [-0.2, -0.15) is 0 Å². The van der Waals surface area contributed by atoms with E-state index in [2.05, 4.69) is 17.1 Å². The topological polar surface area (TPSA) is 82.2 Å². The van der Waals surface area contributed by atoms with Crippen molar-refractivity contribution >= 4 is 41.1 Å². The van der Waals surface area contributed by atoms with E-state index in [1.54, 1.807) is 30.0 Å². The van der Waals surface area contributed by atoms with Crippen LogP contribution in [0.2, 0.25) is 10.0 Å². The maximum Gasteiger partial charge on any atom is 0.338 e. The molecule has 1 aromatic rings. The van der Waals surface area contributed by atoms with Crippen LogP contribution in [0.3, 0.4) is 0 Å². The molecule has 2 heterocycles. The van der Waals surface area contributed by atoms with Gasteiger partial charge in [-0.3, -0.25) is 14.6 Å². The summed E-state index contributed by atoms with van der Waals surface area (Å²) in [5, 5.41) is 3.56. The molecule has 202 valence electrons. The molecule has 1 saturated heterocycles. The Hall–Kier alpha value is -2.29. The molecule has 4 rings (SSSR count). The average molecular weight is 552 g/mol. The number of nitrogens with zero attached hydrogens (tertiary/aromatic N) is 3. The minimum atomic E-state index is -0.793. The Balaban J connectivity index is 1.65. The van der Waals surface area contributed by atoms with E-state index in [0.717, 1.165) is 25.7 Å². The van der Waals surface area contributed by atoms with Gasteiger partial charge in [0.05, 0.1) is 28.3 Å². The van der Waals surface area contributed by atoms with E-state index in [1.165, 1.54) is 0 Å². The Kier molecular flexibility index (Phi) is 9.03. The first kappa shape index (κ1) is 27.7. The van der Waals surface area contributed by atoms with Crippen molar-refractivity contribution in [3.8, 4) is 0 Å². The van der Waals surface area contributed by atoms with Gasteiger partial charge in [0.15, 0.2) is 0 Å². The van der Waals surface area contributed by atoms with Gasteiger partial charge in [-0.25, -0.2) is 9.59 Å². The monoisotopic (exact) mass is 550 g/mol. The number of likely N-dealkylation sites (N-methyl/N-ethyl adjacent to an activating group) is 1. The largest absolute Gasteiger partial charge is 0.463 e. The first-order valence-electron chi connectivity index (χ1n) is 13.2. The Morgan fingerprint density at radius 3 is 2.51 bits per heavy atom. The number of amides is 3. The quantitative estimate of drug-likeness (QED) is 0.501. The molecule has 0 radical (unpaired) electrons. The molecule has 1 aliphatic carbocycles. The summed E-state index contributed by atoms with van der Waals surface area (Å²) in [7, 11) is 0. The fourth-order valence-corrected chi connectivity index (χ4v) is 6.17. The minimum Gasteiger partial charge on any atom is -0.463 e. The van der Waals surface area contributed by atoms with E-state index < -0.39 is 12.0 Å². The third-order valence-electron chi connectivity index (χ3n) is 7.61. The van der Waals surface area contributed by atoms with Crippen LogP contribution in [0.5, 0.6) is 0 Å². The summed E-state index contributed by atoms with van der Waals surface area (Å²) in [6, 6.07) is 4.10. The van der Waals surface area contributed by atoms with E-state index in [9.17, 15) is 14.4 Å². The lowest BCUT2D eigenvalue weighted by atomic mass is 9.93. The van der Waals surface area contributed by atoms with Crippen molar-refractivity contribution in [2.24, 2.45) is 5.92 Å². The van der Waals surface area contributed by atoms with Crippen molar-refractivity contribution in [2.45, 2.75) is 58.5 Å². The highest BCUT2D eigenvalue weighted by Crippen LogP contribution is 2.38. The second-order valence-corrected chi connectivity index (χ2v) is 10.7. The van der Waals surface area contributed by atoms with Crippen molar-refractivity contribution in [3.63, 3.8) is 0 Å². The van der Waals surface area contributed by atoms with Gasteiger partial charge in [0.2, 0.25) is 5.91 Å². The molecular weight excluding hydrogens is 515 g/mol. The summed E-state index contributed by atoms with van der Waals surface area (Å²) >= 11 is 12.8. The Morgan fingerprint density at radius 2 is 1.86 bits per heavy atom. The number of ether oxygens (including phenoxy) is 1. The van der Waals surface area contributed by atoms with E-state index >= 15 is 0 Å². The van der Waals surface area contributed by atoms with Gasteiger partial charge in [-0.1, -0.05) is 48.2 Å². The Morgan fingerprint density at radius 1 is 1.14 bits per heavy atom. The lowest BCUT2D eigenvalue weighted by Crippen LogP contribution is -2.57. The maximum absolute atomic E-state index is 13.3. The van der Waals surface area contributed by atoms with Crippen LogP contribution in [0.1, 0.15) is 58.1 Å². The number of urea groups is 1. The normalized spacial score (nSPS) is 23.4. The highest BCUT2D eigenvalue weighted by atomic mass is 35.5. The SMILES string of the molecule is CCOC(=O)C1=C(CN2CCN(C(=O)C3CCCC3)[C@H](C)C2)N(CC)C(=O)N[C@H]1c1cccc(Cl)c1Cl. The standard InChI is InChI=1S/C27H36Cl2N4O4/c1-4-32-21(16-31-13-14-33(17(3)15-31)25(34)18-9-6-7-10-18)22(26(35)37-5-2)24(30-27(32)36)19-11-8-12-20(28)23(19)29/h8,11-12,17-18,24H,4-7,9-10,13-16H2,1-3H3,(H,30,36)/t17-,24+/m1/s1. The van der Waals surface area contributed by atoms with Gasteiger partial charge < -0.3 is 15.0 Å². The smallest absolute Gasteiger partial charge is 0.338 e. The van der Waals surface area contributed by atoms with Crippen molar-refractivity contribution in [3.05, 3.63) is 45.1 Å². The van der Waals surface area contributed by atoms with Gasteiger partial charge in [0.25, 0.3) is 0 Å². The first-order chi connectivity index (χ1) is 17.8. The van der Waals surface area contributed by atoms with Gasteiger partial charge in [-0.15, -0.1) is 0 Å². The summed E-state index contributed by atoms with van der Waals surface area (Å²) in [6.07, 6.45) is 4.22. The average Bonchev–Trinajstić information content (AvgIpc) is 3.40. The molecule has 0 unspecified atom stereocenters. The molecule has 1 aromatic carbocycles. The molecule has 3 aliphatic rings. The minimum absolute atomic E-state index is 0.0409. The van der Waals surface area contributed by atoms with E-state index in [0.29, 0.717) is 54.6 Å². The lowest BCUT2D eigenvalue weighted by Gasteiger charge is -2.43. The molecule has 8 nitrogen and oxygen atoms in total. The maximum atomic E-state index is 13.3.